The fourth-order valence-electron chi connectivity index (χ4n) is 2.34. The summed E-state index contributed by atoms with van der Waals surface area (Å²) in [6.45, 7) is 13.0. The molecule has 1 saturated heterocycles. The van der Waals surface area contributed by atoms with Gasteiger partial charge in [-0.3, -0.25) is 0 Å². The third kappa shape index (κ3) is 2.43. The molecule has 18 heavy (non-hydrogen) atoms. The second-order valence-corrected chi connectivity index (χ2v) is 6.76. The zero-order chi connectivity index (χ0) is 13.6. The van der Waals surface area contributed by atoms with Crippen molar-refractivity contribution in [3.05, 3.63) is 23.7 Å². The first-order valence-electron chi connectivity index (χ1n) is 6.96. The van der Waals surface area contributed by atoms with Crippen molar-refractivity contribution in [2.75, 3.05) is 0 Å². The summed E-state index contributed by atoms with van der Waals surface area (Å²) in [5.74, 6) is 1.25. The van der Waals surface area contributed by atoms with Crippen molar-refractivity contribution < 1.29 is 9.31 Å². The Morgan fingerprint density at radius 1 is 1.11 bits per heavy atom. The lowest BCUT2D eigenvalue weighted by Crippen LogP contribution is -2.41. The Labute approximate surface area is 112 Å². The quantitative estimate of drug-likeness (QED) is 0.657. The molecule has 1 heterocycles. The topological polar surface area (TPSA) is 18.5 Å². The third-order valence-electron chi connectivity index (χ3n) is 4.74. The molecule has 0 aromatic carbocycles. The van der Waals surface area contributed by atoms with Gasteiger partial charge >= 0.3 is 7.12 Å². The van der Waals surface area contributed by atoms with Gasteiger partial charge in [-0.1, -0.05) is 32.1 Å². The number of hydrogen-bond acceptors (Lipinski definition) is 2. The van der Waals surface area contributed by atoms with Crippen LogP contribution < -0.4 is 0 Å². The summed E-state index contributed by atoms with van der Waals surface area (Å²) in [5.41, 5.74) is 0.772. The summed E-state index contributed by atoms with van der Waals surface area (Å²) < 4.78 is 12.2. The molecule has 0 amide bonds. The highest BCUT2D eigenvalue weighted by atomic mass is 16.7. The van der Waals surface area contributed by atoms with Crippen molar-refractivity contribution in [3.8, 4) is 0 Å². The smallest absolute Gasteiger partial charge is 0.400 e. The van der Waals surface area contributed by atoms with Crippen LogP contribution in [-0.4, -0.2) is 18.3 Å². The van der Waals surface area contributed by atoms with E-state index in [-0.39, 0.29) is 18.3 Å². The van der Waals surface area contributed by atoms with Crippen molar-refractivity contribution in [1.82, 2.24) is 0 Å². The minimum absolute atomic E-state index is 0.188. The lowest BCUT2D eigenvalue weighted by Gasteiger charge is -2.32. The fourth-order valence-corrected chi connectivity index (χ4v) is 2.34. The van der Waals surface area contributed by atoms with Gasteiger partial charge in [-0.25, -0.2) is 0 Å². The van der Waals surface area contributed by atoms with Crippen molar-refractivity contribution in [2.24, 2.45) is 11.8 Å². The fraction of sp³-hybridized carbons (Fsp3) is 0.733. The predicted molar refractivity (Wildman–Crippen MR) is 76.3 cm³/mol. The Hall–Kier alpha value is -0.535. The maximum atomic E-state index is 6.12. The predicted octanol–water partition coefficient (Wildman–Crippen LogP) is 3.78. The van der Waals surface area contributed by atoms with Gasteiger partial charge in [0.25, 0.3) is 0 Å². The highest BCUT2D eigenvalue weighted by Crippen LogP contribution is 2.40. The summed E-state index contributed by atoms with van der Waals surface area (Å²) in [6.07, 6.45) is 7.63. The van der Waals surface area contributed by atoms with Gasteiger partial charge in [-0.05, 0) is 51.4 Å². The molecular weight excluding hydrogens is 223 g/mol. The molecule has 3 heteroatoms. The normalized spacial score (nSPS) is 34.3. The molecule has 0 saturated carbocycles. The summed E-state index contributed by atoms with van der Waals surface area (Å²) in [5, 5.41) is 0. The van der Waals surface area contributed by atoms with E-state index in [1.165, 1.54) is 5.47 Å². The summed E-state index contributed by atoms with van der Waals surface area (Å²) in [7, 11) is -0.188. The molecule has 2 nitrogen and oxygen atoms in total. The average Bonchev–Trinajstić information content (AvgIpc) is 2.37. The zero-order valence-corrected chi connectivity index (χ0v) is 12.5. The first-order chi connectivity index (χ1) is 8.23. The van der Waals surface area contributed by atoms with Crippen molar-refractivity contribution in [1.29, 1.82) is 0 Å². The summed E-state index contributed by atoms with van der Waals surface area (Å²) >= 11 is 0. The van der Waals surface area contributed by atoms with Crippen LogP contribution in [0.25, 0.3) is 0 Å². The first-order valence-corrected chi connectivity index (χ1v) is 6.96. The largest absolute Gasteiger partial charge is 0.490 e. The molecule has 1 aliphatic carbocycles. The van der Waals surface area contributed by atoms with Crippen molar-refractivity contribution in [2.45, 2.75) is 59.2 Å². The van der Waals surface area contributed by atoms with Crippen LogP contribution in [0.4, 0.5) is 0 Å². The molecular formula is C15H25BO2. The van der Waals surface area contributed by atoms with Crippen LogP contribution >= 0.6 is 0 Å². The van der Waals surface area contributed by atoms with Crippen molar-refractivity contribution in [3.63, 3.8) is 0 Å². The maximum Gasteiger partial charge on any atom is 0.490 e. The second kappa shape index (κ2) is 4.54. The van der Waals surface area contributed by atoms with Gasteiger partial charge in [0, 0.05) is 0 Å². The van der Waals surface area contributed by atoms with E-state index in [0.29, 0.717) is 11.8 Å². The molecule has 0 bridgehead atoms. The van der Waals surface area contributed by atoms with Gasteiger partial charge in [0.2, 0.25) is 0 Å². The SMILES string of the molecule is CC1C=CC=C(B2OC(C)(C)C(C)(C)O2)CC1C. The second-order valence-electron chi connectivity index (χ2n) is 6.76. The van der Waals surface area contributed by atoms with Crippen molar-refractivity contribution >= 4 is 7.12 Å². The Morgan fingerprint density at radius 2 is 1.67 bits per heavy atom. The lowest BCUT2D eigenvalue weighted by atomic mass is 9.73. The van der Waals surface area contributed by atoms with Gasteiger partial charge in [-0.2, -0.15) is 0 Å². The average molecular weight is 248 g/mol. The molecule has 2 rings (SSSR count). The summed E-state index contributed by atoms with van der Waals surface area (Å²) in [6, 6.07) is 0. The molecule has 0 N–H and O–H groups in total. The molecule has 0 spiro atoms. The standard InChI is InChI=1S/C15H25BO2/c1-11-8-7-9-13(10-12(11)2)16-17-14(3,4)15(5,6)18-16/h7-9,11-12H,10H2,1-6H3. The van der Waals surface area contributed by atoms with Gasteiger partial charge in [0.1, 0.15) is 0 Å². The molecule has 2 aliphatic rings. The van der Waals surface area contributed by atoms with E-state index in [1.807, 2.05) is 0 Å². The molecule has 1 aliphatic heterocycles. The monoisotopic (exact) mass is 248 g/mol. The zero-order valence-electron chi connectivity index (χ0n) is 12.5. The Balaban J connectivity index is 2.15. The number of allylic oxidation sites excluding steroid dienone is 4. The molecule has 0 aromatic heterocycles. The first kappa shape index (κ1) is 13.9. The Bertz CT molecular complexity index is 366. The Kier molecular flexibility index (Phi) is 3.50. The molecule has 0 radical (unpaired) electrons. The van der Waals surface area contributed by atoms with Crippen LogP contribution in [0.2, 0.25) is 0 Å². The van der Waals surface area contributed by atoms with E-state index in [9.17, 15) is 0 Å². The Morgan fingerprint density at radius 3 is 2.22 bits per heavy atom. The molecule has 1 fully saturated rings. The minimum Gasteiger partial charge on any atom is -0.400 e. The van der Waals surface area contributed by atoms with E-state index in [0.717, 1.165) is 6.42 Å². The van der Waals surface area contributed by atoms with Gasteiger partial charge in [0.15, 0.2) is 0 Å². The lowest BCUT2D eigenvalue weighted by molar-refractivity contribution is 0.00578. The highest BCUT2D eigenvalue weighted by Gasteiger charge is 2.52. The van der Waals surface area contributed by atoms with Gasteiger partial charge in [-0.15, -0.1) is 0 Å². The van der Waals surface area contributed by atoms with Crippen LogP contribution in [0.1, 0.15) is 48.0 Å². The van der Waals surface area contributed by atoms with Crippen LogP contribution in [0.3, 0.4) is 0 Å². The summed E-state index contributed by atoms with van der Waals surface area (Å²) in [4.78, 5) is 0. The number of hydrogen-bond donors (Lipinski definition) is 0. The van der Waals surface area contributed by atoms with Crippen LogP contribution in [0.15, 0.2) is 23.7 Å². The highest BCUT2D eigenvalue weighted by molar-refractivity contribution is 6.54. The maximum absolute atomic E-state index is 6.12. The van der Waals surface area contributed by atoms with E-state index < -0.39 is 0 Å². The van der Waals surface area contributed by atoms with E-state index >= 15 is 0 Å². The van der Waals surface area contributed by atoms with Gasteiger partial charge in [0.05, 0.1) is 11.2 Å². The van der Waals surface area contributed by atoms with E-state index in [2.05, 4.69) is 59.8 Å². The molecule has 2 unspecified atom stereocenters. The number of rotatable bonds is 1. The van der Waals surface area contributed by atoms with Gasteiger partial charge < -0.3 is 9.31 Å². The van der Waals surface area contributed by atoms with E-state index in [1.54, 1.807) is 0 Å². The van der Waals surface area contributed by atoms with Crippen LogP contribution in [0.5, 0.6) is 0 Å². The molecule has 0 aromatic rings. The van der Waals surface area contributed by atoms with Crippen LogP contribution in [-0.2, 0) is 9.31 Å². The minimum atomic E-state index is -0.247. The molecule has 100 valence electrons. The molecule has 2 atom stereocenters. The van der Waals surface area contributed by atoms with E-state index in [4.69, 9.17) is 9.31 Å². The van der Waals surface area contributed by atoms with Crippen LogP contribution in [0, 0.1) is 11.8 Å². The third-order valence-corrected chi connectivity index (χ3v) is 4.74.